The van der Waals surface area contributed by atoms with Crippen LogP contribution in [0.3, 0.4) is 0 Å². The average molecular weight is 430 g/mol. The smallest absolute Gasteiger partial charge is 0.333 e. The standard InChI is InChI=1S/C27H43NO3/c1-7-17(4)24(29)31-23-15-22-21(9-8-18-14-19(28)10-12-25(18,22)5)27(30)13-11-20(16(2)3)26(23,27)6/h7,18-23,30H,2,8-15,28H2,1,3-6H3/b17-7+. The van der Waals surface area contributed by atoms with Crippen LogP contribution in [-0.2, 0) is 9.53 Å². The second-order valence-corrected chi connectivity index (χ2v) is 11.8. The molecule has 4 fully saturated rings. The van der Waals surface area contributed by atoms with Crippen molar-refractivity contribution in [3.05, 3.63) is 23.8 Å². The number of rotatable bonds is 3. The van der Waals surface area contributed by atoms with Gasteiger partial charge in [-0.1, -0.05) is 32.1 Å². The molecule has 0 aromatic carbocycles. The van der Waals surface area contributed by atoms with Gasteiger partial charge in [0.05, 0.1) is 5.60 Å². The Morgan fingerprint density at radius 3 is 2.45 bits per heavy atom. The van der Waals surface area contributed by atoms with E-state index in [0.29, 0.717) is 23.5 Å². The first kappa shape index (κ1) is 23.0. The van der Waals surface area contributed by atoms with Gasteiger partial charge in [-0.15, -0.1) is 0 Å². The highest BCUT2D eigenvalue weighted by Gasteiger charge is 2.71. The molecule has 4 aliphatic rings. The van der Waals surface area contributed by atoms with Crippen molar-refractivity contribution in [2.75, 3.05) is 0 Å². The van der Waals surface area contributed by atoms with E-state index >= 15 is 0 Å². The first-order valence-corrected chi connectivity index (χ1v) is 12.5. The molecule has 4 aliphatic carbocycles. The van der Waals surface area contributed by atoms with E-state index in [0.717, 1.165) is 56.9 Å². The van der Waals surface area contributed by atoms with Crippen LogP contribution in [0.5, 0.6) is 0 Å². The lowest BCUT2D eigenvalue weighted by Crippen LogP contribution is -2.67. The zero-order valence-corrected chi connectivity index (χ0v) is 20.2. The number of allylic oxidation sites excluding steroid dienone is 2. The van der Waals surface area contributed by atoms with E-state index in [2.05, 4.69) is 27.4 Å². The van der Waals surface area contributed by atoms with Crippen LogP contribution in [0.2, 0.25) is 0 Å². The molecule has 0 aromatic heterocycles. The van der Waals surface area contributed by atoms with Crippen molar-refractivity contribution < 1.29 is 14.6 Å². The van der Waals surface area contributed by atoms with E-state index in [1.165, 1.54) is 0 Å². The lowest BCUT2D eigenvalue weighted by molar-refractivity contribution is -0.248. The number of nitrogens with two attached hydrogens (primary N) is 1. The summed E-state index contributed by atoms with van der Waals surface area (Å²) in [7, 11) is 0. The van der Waals surface area contributed by atoms with Gasteiger partial charge >= 0.3 is 5.97 Å². The number of carbonyl (C=O) groups excluding carboxylic acids is 1. The Morgan fingerprint density at radius 2 is 1.81 bits per heavy atom. The fourth-order valence-corrected chi connectivity index (χ4v) is 8.50. The lowest BCUT2D eigenvalue weighted by Gasteiger charge is -2.65. The Hall–Kier alpha value is -1.13. The molecule has 4 nitrogen and oxygen atoms in total. The van der Waals surface area contributed by atoms with E-state index < -0.39 is 11.0 Å². The molecular formula is C27H43NO3. The number of hydrogen-bond acceptors (Lipinski definition) is 4. The van der Waals surface area contributed by atoms with Gasteiger partial charge < -0.3 is 15.6 Å². The number of fused-ring (bicyclic) bond motifs is 5. The Morgan fingerprint density at radius 1 is 1.10 bits per heavy atom. The molecule has 9 unspecified atom stereocenters. The number of carbonyl (C=O) groups is 1. The number of aliphatic hydroxyl groups is 1. The van der Waals surface area contributed by atoms with E-state index in [1.54, 1.807) is 0 Å². The predicted octanol–water partition coefficient (Wildman–Crippen LogP) is 5.15. The minimum atomic E-state index is -0.818. The fourth-order valence-electron chi connectivity index (χ4n) is 8.50. The maximum Gasteiger partial charge on any atom is 0.333 e. The van der Waals surface area contributed by atoms with Crippen LogP contribution in [0, 0.1) is 34.5 Å². The summed E-state index contributed by atoms with van der Waals surface area (Å²) in [5, 5.41) is 12.4. The molecule has 3 N–H and O–H groups in total. The summed E-state index contributed by atoms with van der Waals surface area (Å²) in [5.41, 5.74) is 6.95. The molecule has 9 atom stereocenters. The molecular weight excluding hydrogens is 386 g/mol. The van der Waals surface area contributed by atoms with Crippen LogP contribution in [0.15, 0.2) is 23.8 Å². The SMILES string of the molecule is C=C(C)C1CCC2(O)C3CCC4CC(N)CCC4(C)C3CC(OC(=O)/C(C)=C/C)C12C. The van der Waals surface area contributed by atoms with Gasteiger partial charge in [0.2, 0.25) is 0 Å². The Kier molecular flexibility index (Phi) is 5.74. The summed E-state index contributed by atoms with van der Waals surface area (Å²) in [4.78, 5) is 12.9. The highest BCUT2D eigenvalue weighted by molar-refractivity contribution is 5.87. The number of ether oxygens (including phenoxy) is 1. The third kappa shape index (κ3) is 3.19. The van der Waals surface area contributed by atoms with Crippen molar-refractivity contribution >= 4 is 5.97 Å². The van der Waals surface area contributed by atoms with Gasteiger partial charge in [-0.25, -0.2) is 4.79 Å². The molecule has 0 spiro atoms. The molecule has 0 bridgehead atoms. The summed E-state index contributed by atoms with van der Waals surface area (Å²) in [6.45, 7) is 14.7. The molecule has 0 aliphatic heterocycles. The van der Waals surface area contributed by atoms with Crippen LogP contribution < -0.4 is 5.73 Å². The number of esters is 1. The van der Waals surface area contributed by atoms with Crippen LogP contribution in [0.4, 0.5) is 0 Å². The van der Waals surface area contributed by atoms with Crippen LogP contribution in [-0.4, -0.2) is 28.8 Å². The average Bonchev–Trinajstić information content (AvgIpc) is 3.01. The lowest BCUT2D eigenvalue weighted by atomic mass is 9.42. The molecule has 174 valence electrons. The van der Waals surface area contributed by atoms with Crippen molar-refractivity contribution in [3.8, 4) is 0 Å². The largest absolute Gasteiger partial charge is 0.458 e. The van der Waals surface area contributed by atoms with E-state index in [1.807, 2.05) is 19.9 Å². The highest BCUT2D eigenvalue weighted by Crippen LogP contribution is 2.70. The molecule has 4 heteroatoms. The van der Waals surface area contributed by atoms with Crippen molar-refractivity contribution in [2.24, 2.45) is 40.2 Å². The normalized spacial score (nSPS) is 49.6. The van der Waals surface area contributed by atoms with Gasteiger partial charge in [-0.3, -0.25) is 0 Å². The molecule has 0 amide bonds. The summed E-state index contributed by atoms with van der Waals surface area (Å²) in [6, 6.07) is 0.303. The third-order valence-electron chi connectivity index (χ3n) is 10.6. The topological polar surface area (TPSA) is 72.6 Å². The maximum atomic E-state index is 12.9. The van der Waals surface area contributed by atoms with Gasteiger partial charge in [0.15, 0.2) is 0 Å². The monoisotopic (exact) mass is 429 g/mol. The van der Waals surface area contributed by atoms with Gasteiger partial charge in [0.25, 0.3) is 0 Å². The third-order valence-corrected chi connectivity index (χ3v) is 10.6. The summed E-state index contributed by atoms with van der Waals surface area (Å²) < 4.78 is 6.27. The second kappa shape index (κ2) is 7.73. The summed E-state index contributed by atoms with van der Waals surface area (Å²) in [6.07, 6.45) is 9.54. The van der Waals surface area contributed by atoms with Crippen molar-refractivity contribution in [3.63, 3.8) is 0 Å². The fraction of sp³-hybridized carbons (Fsp3) is 0.815. The van der Waals surface area contributed by atoms with Crippen LogP contribution >= 0.6 is 0 Å². The molecule has 4 saturated carbocycles. The summed E-state index contributed by atoms with van der Waals surface area (Å²) >= 11 is 0. The maximum absolute atomic E-state index is 12.9. The van der Waals surface area contributed by atoms with Crippen molar-refractivity contribution in [2.45, 2.75) is 104 Å². The van der Waals surface area contributed by atoms with E-state index in [4.69, 9.17) is 10.5 Å². The molecule has 31 heavy (non-hydrogen) atoms. The predicted molar refractivity (Wildman–Crippen MR) is 124 cm³/mol. The second-order valence-electron chi connectivity index (χ2n) is 11.8. The first-order chi connectivity index (χ1) is 14.5. The molecule has 4 rings (SSSR count). The first-order valence-electron chi connectivity index (χ1n) is 12.5. The molecule has 0 aromatic rings. The van der Waals surface area contributed by atoms with Crippen molar-refractivity contribution in [1.29, 1.82) is 0 Å². The van der Waals surface area contributed by atoms with Gasteiger partial charge in [0, 0.05) is 17.0 Å². The van der Waals surface area contributed by atoms with Crippen LogP contribution in [0.1, 0.15) is 86.0 Å². The zero-order valence-electron chi connectivity index (χ0n) is 20.2. The number of hydrogen-bond donors (Lipinski definition) is 2. The van der Waals surface area contributed by atoms with E-state index in [9.17, 15) is 9.90 Å². The highest BCUT2D eigenvalue weighted by atomic mass is 16.5. The molecule has 0 saturated heterocycles. The molecule has 0 heterocycles. The zero-order chi connectivity index (χ0) is 22.8. The van der Waals surface area contributed by atoms with Crippen LogP contribution in [0.25, 0.3) is 0 Å². The van der Waals surface area contributed by atoms with Gasteiger partial charge in [-0.2, -0.15) is 0 Å². The minimum absolute atomic E-state index is 0.164. The Balaban J connectivity index is 1.77. The van der Waals surface area contributed by atoms with E-state index in [-0.39, 0.29) is 29.3 Å². The van der Waals surface area contributed by atoms with Gasteiger partial charge in [-0.05, 0) is 101 Å². The Bertz CT molecular complexity index is 789. The van der Waals surface area contributed by atoms with Gasteiger partial charge in [0.1, 0.15) is 6.10 Å². The minimum Gasteiger partial charge on any atom is -0.458 e. The molecule has 0 radical (unpaired) electrons. The van der Waals surface area contributed by atoms with Crippen molar-refractivity contribution in [1.82, 2.24) is 0 Å². The summed E-state index contributed by atoms with van der Waals surface area (Å²) in [5.74, 6) is 1.16. The quantitative estimate of drug-likeness (QED) is 0.370. The Labute approximate surface area is 188 Å².